The summed E-state index contributed by atoms with van der Waals surface area (Å²) in [5, 5.41) is 3.48. The van der Waals surface area contributed by atoms with E-state index in [0.717, 1.165) is 37.6 Å². The van der Waals surface area contributed by atoms with E-state index in [1.54, 1.807) is 13.2 Å². The quantitative estimate of drug-likeness (QED) is 0.704. The van der Waals surface area contributed by atoms with Gasteiger partial charge in [-0.15, -0.1) is 0 Å². The molecule has 0 spiro atoms. The zero-order chi connectivity index (χ0) is 15.1. The second-order valence-corrected chi connectivity index (χ2v) is 6.71. The molecular formula is C17H25BrFNO. The van der Waals surface area contributed by atoms with Gasteiger partial charge in [0.2, 0.25) is 0 Å². The molecule has 2 nitrogen and oxygen atoms in total. The van der Waals surface area contributed by atoms with Crippen LogP contribution in [0.25, 0.3) is 0 Å². The third-order valence-electron chi connectivity index (χ3n) is 4.47. The van der Waals surface area contributed by atoms with Gasteiger partial charge in [0.1, 0.15) is 5.82 Å². The Morgan fingerprint density at radius 3 is 2.86 bits per heavy atom. The normalized spacial score (nSPS) is 17.3. The molecule has 1 aliphatic carbocycles. The summed E-state index contributed by atoms with van der Waals surface area (Å²) in [5.74, 6) is 1.17. The van der Waals surface area contributed by atoms with Crippen molar-refractivity contribution in [1.82, 2.24) is 5.32 Å². The van der Waals surface area contributed by atoms with Gasteiger partial charge >= 0.3 is 0 Å². The lowest BCUT2D eigenvalue weighted by Crippen LogP contribution is -2.31. The summed E-state index contributed by atoms with van der Waals surface area (Å²) in [5.41, 5.74) is 1.08. The zero-order valence-corrected chi connectivity index (χ0v) is 14.3. The van der Waals surface area contributed by atoms with Crippen LogP contribution in [-0.2, 0) is 11.2 Å². The molecule has 0 aliphatic heterocycles. The van der Waals surface area contributed by atoms with Crippen LogP contribution in [-0.4, -0.2) is 26.8 Å². The third-order valence-corrected chi connectivity index (χ3v) is 5.36. The fraction of sp³-hybridized carbons (Fsp3) is 0.647. The fourth-order valence-electron chi connectivity index (χ4n) is 3.28. The lowest BCUT2D eigenvalue weighted by atomic mass is 9.85. The van der Waals surface area contributed by atoms with E-state index in [1.807, 2.05) is 6.07 Å². The predicted octanol–water partition coefficient (Wildman–Crippen LogP) is 4.17. The minimum atomic E-state index is -0.162. The first-order valence-electron chi connectivity index (χ1n) is 7.85. The van der Waals surface area contributed by atoms with Gasteiger partial charge in [0, 0.05) is 13.7 Å². The molecule has 118 valence electrons. The number of hydrogen-bond acceptors (Lipinski definition) is 2. The molecule has 0 radical (unpaired) electrons. The van der Waals surface area contributed by atoms with Crippen LogP contribution in [0.5, 0.6) is 0 Å². The monoisotopic (exact) mass is 357 g/mol. The summed E-state index contributed by atoms with van der Waals surface area (Å²) in [6.07, 6.45) is 6.23. The van der Waals surface area contributed by atoms with Crippen molar-refractivity contribution in [1.29, 1.82) is 0 Å². The van der Waals surface area contributed by atoms with Gasteiger partial charge in [-0.1, -0.05) is 37.8 Å². The molecule has 1 fully saturated rings. The molecule has 21 heavy (non-hydrogen) atoms. The van der Waals surface area contributed by atoms with Gasteiger partial charge in [0.25, 0.3) is 0 Å². The highest BCUT2D eigenvalue weighted by molar-refractivity contribution is 9.10. The van der Waals surface area contributed by atoms with E-state index in [9.17, 15) is 4.39 Å². The molecular weight excluding hydrogens is 333 g/mol. The zero-order valence-electron chi connectivity index (χ0n) is 12.7. The van der Waals surface area contributed by atoms with Crippen LogP contribution in [0.15, 0.2) is 22.7 Å². The second kappa shape index (κ2) is 8.86. The van der Waals surface area contributed by atoms with Crippen LogP contribution in [0.4, 0.5) is 4.39 Å². The summed E-state index contributed by atoms with van der Waals surface area (Å²) in [7, 11) is 1.72. The maximum atomic E-state index is 13.7. The van der Waals surface area contributed by atoms with E-state index >= 15 is 0 Å². The molecule has 2 rings (SSSR count). The molecule has 1 aromatic carbocycles. The highest BCUT2D eigenvalue weighted by Crippen LogP contribution is 2.34. The molecule has 0 heterocycles. The first-order chi connectivity index (χ1) is 10.2. The molecule has 0 bridgehead atoms. The molecule has 1 saturated carbocycles. The van der Waals surface area contributed by atoms with Crippen molar-refractivity contribution >= 4 is 15.9 Å². The Morgan fingerprint density at radius 1 is 1.38 bits per heavy atom. The fourth-order valence-corrected chi connectivity index (χ4v) is 3.71. The van der Waals surface area contributed by atoms with Crippen LogP contribution < -0.4 is 5.32 Å². The standard InChI is InChI=1S/C17H25BrFNO/c1-21-10-9-20-12-15(13-5-2-3-6-13)11-14-7-4-8-16(19)17(14)18/h4,7-8,13,15,20H,2-3,5-6,9-12H2,1H3. The Bertz CT molecular complexity index is 435. The number of rotatable bonds is 8. The molecule has 1 unspecified atom stereocenters. The molecule has 1 aromatic rings. The van der Waals surface area contributed by atoms with Crippen molar-refractivity contribution in [3.8, 4) is 0 Å². The van der Waals surface area contributed by atoms with Crippen LogP contribution in [0.1, 0.15) is 31.2 Å². The van der Waals surface area contributed by atoms with E-state index < -0.39 is 0 Å². The number of benzene rings is 1. The van der Waals surface area contributed by atoms with Crippen LogP contribution in [0.2, 0.25) is 0 Å². The van der Waals surface area contributed by atoms with Gasteiger partial charge in [0.15, 0.2) is 0 Å². The molecule has 1 N–H and O–H groups in total. The van der Waals surface area contributed by atoms with Crippen LogP contribution in [0.3, 0.4) is 0 Å². The topological polar surface area (TPSA) is 21.3 Å². The average molecular weight is 358 g/mol. The second-order valence-electron chi connectivity index (χ2n) is 5.92. The van der Waals surface area contributed by atoms with E-state index in [-0.39, 0.29) is 5.82 Å². The molecule has 0 aromatic heterocycles. The van der Waals surface area contributed by atoms with Crippen molar-refractivity contribution in [2.75, 3.05) is 26.8 Å². The Morgan fingerprint density at radius 2 is 2.14 bits per heavy atom. The summed E-state index contributed by atoms with van der Waals surface area (Å²) in [6.45, 7) is 2.60. The SMILES string of the molecule is COCCNCC(Cc1cccc(F)c1Br)C1CCCC1. The maximum Gasteiger partial charge on any atom is 0.137 e. The summed E-state index contributed by atoms with van der Waals surface area (Å²) < 4.78 is 19.4. The van der Waals surface area contributed by atoms with Gasteiger partial charge in [-0.2, -0.15) is 0 Å². The molecule has 1 atom stereocenters. The highest BCUT2D eigenvalue weighted by Gasteiger charge is 2.25. The largest absolute Gasteiger partial charge is 0.383 e. The molecule has 0 saturated heterocycles. The van der Waals surface area contributed by atoms with Gasteiger partial charge in [-0.3, -0.25) is 0 Å². The Labute approximate surface area is 135 Å². The summed E-state index contributed by atoms with van der Waals surface area (Å²) in [4.78, 5) is 0. The first kappa shape index (κ1) is 16.9. The maximum absolute atomic E-state index is 13.7. The third kappa shape index (κ3) is 5.04. The van der Waals surface area contributed by atoms with Crippen molar-refractivity contribution in [2.45, 2.75) is 32.1 Å². The summed E-state index contributed by atoms with van der Waals surface area (Å²) in [6, 6.07) is 5.35. The van der Waals surface area contributed by atoms with E-state index in [2.05, 4.69) is 21.2 Å². The van der Waals surface area contributed by atoms with Crippen LogP contribution >= 0.6 is 15.9 Å². The Balaban J connectivity index is 1.98. The number of halogens is 2. The smallest absolute Gasteiger partial charge is 0.137 e. The number of ether oxygens (including phenoxy) is 1. The molecule has 1 aliphatic rings. The van der Waals surface area contributed by atoms with Crippen molar-refractivity contribution in [2.24, 2.45) is 11.8 Å². The molecule has 0 amide bonds. The lowest BCUT2D eigenvalue weighted by molar-refractivity contribution is 0.195. The highest BCUT2D eigenvalue weighted by atomic mass is 79.9. The van der Waals surface area contributed by atoms with Gasteiger partial charge in [-0.25, -0.2) is 4.39 Å². The average Bonchev–Trinajstić information content (AvgIpc) is 3.01. The number of hydrogen-bond donors (Lipinski definition) is 1. The predicted molar refractivity (Wildman–Crippen MR) is 88.0 cm³/mol. The van der Waals surface area contributed by atoms with Crippen molar-refractivity contribution in [3.05, 3.63) is 34.1 Å². The molecule has 4 heteroatoms. The van der Waals surface area contributed by atoms with Crippen molar-refractivity contribution in [3.63, 3.8) is 0 Å². The van der Waals surface area contributed by atoms with E-state index in [1.165, 1.54) is 31.7 Å². The van der Waals surface area contributed by atoms with Gasteiger partial charge in [-0.05, 0) is 52.4 Å². The Kier molecular flexibility index (Phi) is 7.14. The van der Waals surface area contributed by atoms with Gasteiger partial charge in [0.05, 0.1) is 11.1 Å². The number of nitrogens with one attached hydrogen (secondary N) is 1. The minimum Gasteiger partial charge on any atom is -0.383 e. The first-order valence-corrected chi connectivity index (χ1v) is 8.64. The van der Waals surface area contributed by atoms with Crippen molar-refractivity contribution < 1.29 is 9.13 Å². The van der Waals surface area contributed by atoms with Gasteiger partial charge < -0.3 is 10.1 Å². The van der Waals surface area contributed by atoms with E-state index in [0.29, 0.717) is 10.4 Å². The lowest BCUT2D eigenvalue weighted by Gasteiger charge is -2.24. The minimum absolute atomic E-state index is 0.162. The van der Waals surface area contributed by atoms with E-state index in [4.69, 9.17) is 4.74 Å². The Hall–Kier alpha value is -0.450. The number of methoxy groups -OCH3 is 1. The summed E-state index contributed by atoms with van der Waals surface area (Å²) >= 11 is 3.39. The van der Waals surface area contributed by atoms with Crippen LogP contribution in [0, 0.1) is 17.7 Å².